The van der Waals surface area contributed by atoms with Crippen LogP contribution in [0.3, 0.4) is 0 Å². The molecule has 0 unspecified atom stereocenters. The Morgan fingerprint density at radius 3 is 2.88 bits per heavy atom. The summed E-state index contributed by atoms with van der Waals surface area (Å²) >= 11 is 0. The van der Waals surface area contributed by atoms with E-state index in [2.05, 4.69) is 25.3 Å². The van der Waals surface area contributed by atoms with Crippen molar-refractivity contribution in [1.29, 1.82) is 0 Å². The van der Waals surface area contributed by atoms with Crippen molar-refractivity contribution in [1.82, 2.24) is 19.9 Å². The van der Waals surface area contributed by atoms with E-state index in [0.717, 1.165) is 18.7 Å². The standard InChI is InChI=1S/C9H13N7/c10-7-3-8(16-9(11)15-7)13-2-1-6-4-12-5-14-6/h3-5H,1-2H2,(H,12,14)(H5,10,11,13,15,16). The Balaban J connectivity index is 1.89. The van der Waals surface area contributed by atoms with E-state index in [1.807, 2.05) is 0 Å². The Kier molecular flexibility index (Phi) is 2.86. The smallest absolute Gasteiger partial charge is 0.223 e. The van der Waals surface area contributed by atoms with Crippen LogP contribution >= 0.6 is 0 Å². The summed E-state index contributed by atoms with van der Waals surface area (Å²) in [5.74, 6) is 1.16. The second-order valence-electron chi connectivity index (χ2n) is 3.29. The number of nitrogens with one attached hydrogen (secondary N) is 2. The molecule has 2 rings (SSSR count). The van der Waals surface area contributed by atoms with Gasteiger partial charge in [0, 0.05) is 30.9 Å². The van der Waals surface area contributed by atoms with Gasteiger partial charge in [0.05, 0.1) is 6.33 Å². The molecule has 0 aliphatic carbocycles. The summed E-state index contributed by atoms with van der Waals surface area (Å²) < 4.78 is 0. The number of rotatable bonds is 4. The van der Waals surface area contributed by atoms with Crippen LogP contribution < -0.4 is 16.8 Å². The highest BCUT2D eigenvalue weighted by Gasteiger charge is 1.99. The van der Waals surface area contributed by atoms with Crippen molar-refractivity contribution >= 4 is 17.6 Å². The molecule has 0 amide bonds. The van der Waals surface area contributed by atoms with E-state index >= 15 is 0 Å². The first-order chi connectivity index (χ1) is 7.74. The second-order valence-corrected chi connectivity index (χ2v) is 3.29. The zero-order valence-electron chi connectivity index (χ0n) is 8.64. The highest BCUT2D eigenvalue weighted by Crippen LogP contribution is 2.08. The SMILES string of the molecule is Nc1cc(NCCc2cnc[nH]2)nc(N)n1. The molecule has 0 bridgehead atoms. The molecule has 0 spiro atoms. The summed E-state index contributed by atoms with van der Waals surface area (Å²) in [4.78, 5) is 14.7. The number of nitrogen functional groups attached to an aromatic ring is 2. The van der Waals surface area contributed by atoms with Crippen LogP contribution in [0.25, 0.3) is 0 Å². The van der Waals surface area contributed by atoms with Gasteiger partial charge in [-0.15, -0.1) is 0 Å². The van der Waals surface area contributed by atoms with Gasteiger partial charge in [-0.1, -0.05) is 0 Å². The van der Waals surface area contributed by atoms with E-state index in [0.29, 0.717) is 11.6 Å². The van der Waals surface area contributed by atoms with Crippen LogP contribution in [0.1, 0.15) is 5.69 Å². The molecule has 0 aliphatic rings. The lowest BCUT2D eigenvalue weighted by Crippen LogP contribution is -2.09. The van der Waals surface area contributed by atoms with Gasteiger partial charge in [-0.05, 0) is 0 Å². The molecular weight excluding hydrogens is 206 g/mol. The van der Waals surface area contributed by atoms with Gasteiger partial charge in [0.1, 0.15) is 11.6 Å². The van der Waals surface area contributed by atoms with Gasteiger partial charge in [0.15, 0.2) is 0 Å². The van der Waals surface area contributed by atoms with Crippen LogP contribution in [0.15, 0.2) is 18.6 Å². The van der Waals surface area contributed by atoms with Crippen molar-refractivity contribution in [3.05, 3.63) is 24.3 Å². The van der Waals surface area contributed by atoms with Gasteiger partial charge in [-0.25, -0.2) is 4.98 Å². The molecule has 7 heteroatoms. The molecule has 16 heavy (non-hydrogen) atoms. The number of aromatic amines is 1. The Labute approximate surface area is 92.3 Å². The third-order valence-corrected chi connectivity index (χ3v) is 2.02. The maximum Gasteiger partial charge on any atom is 0.223 e. The summed E-state index contributed by atoms with van der Waals surface area (Å²) in [5, 5.41) is 3.11. The normalized spacial score (nSPS) is 10.2. The Hall–Kier alpha value is -2.31. The van der Waals surface area contributed by atoms with Crippen molar-refractivity contribution in [2.75, 3.05) is 23.3 Å². The lowest BCUT2D eigenvalue weighted by molar-refractivity contribution is 0.966. The molecule has 2 heterocycles. The first-order valence-electron chi connectivity index (χ1n) is 4.85. The van der Waals surface area contributed by atoms with E-state index in [-0.39, 0.29) is 5.95 Å². The highest BCUT2D eigenvalue weighted by molar-refractivity contribution is 5.48. The van der Waals surface area contributed by atoms with Crippen LogP contribution in [0, 0.1) is 0 Å². The molecule has 0 aliphatic heterocycles. The largest absolute Gasteiger partial charge is 0.383 e. The molecule has 2 aromatic rings. The first kappa shape index (κ1) is 10.2. The lowest BCUT2D eigenvalue weighted by atomic mass is 10.3. The maximum absolute atomic E-state index is 5.54. The number of hydrogen-bond donors (Lipinski definition) is 4. The third kappa shape index (κ3) is 2.59. The molecule has 84 valence electrons. The fourth-order valence-corrected chi connectivity index (χ4v) is 1.32. The molecule has 0 fully saturated rings. The fourth-order valence-electron chi connectivity index (χ4n) is 1.32. The zero-order valence-corrected chi connectivity index (χ0v) is 8.64. The van der Waals surface area contributed by atoms with Crippen molar-refractivity contribution < 1.29 is 0 Å². The lowest BCUT2D eigenvalue weighted by Gasteiger charge is -2.05. The van der Waals surface area contributed by atoms with Gasteiger partial charge in [-0.2, -0.15) is 9.97 Å². The molecule has 0 saturated carbocycles. The minimum atomic E-state index is 0.170. The Morgan fingerprint density at radius 1 is 1.31 bits per heavy atom. The summed E-state index contributed by atoms with van der Waals surface area (Å²) in [6.45, 7) is 0.720. The van der Waals surface area contributed by atoms with Crippen LogP contribution in [0.2, 0.25) is 0 Å². The molecule has 2 aromatic heterocycles. The van der Waals surface area contributed by atoms with E-state index in [4.69, 9.17) is 11.5 Å². The summed E-state index contributed by atoms with van der Waals surface area (Å²) in [7, 11) is 0. The van der Waals surface area contributed by atoms with E-state index in [1.54, 1.807) is 18.6 Å². The van der Waals surface area contributed by atoms with Crippen molar-refractivity contribution in [2.24, 2.45) is 0 Å². The molecule has 0 radical (unpaired) electrons. The topological polar surface area (TPSA) is 119 Å². The average Bonchev–Trinajstić information content (AvgIpc) is 2.69. The number of aromatic nitrogens is 4. The monoisotopic (exact) mass is 219 g/mol. The number of nitrogens with zero attached hydrogens (tertiary/aromatic N) is 3. The molecule has 0 saturated heterocycles. The number of nitrogens with two attached hydrogens (primary N) is 2. The predicted octanol–water partition coefficient (Wildman–Crippen LogP) is 0.0187. The Morgan fingerprint density at radius 2 is 2.19 bits per heavy atom. The minimum absolute atomic E-state index is 0.170. The quantitative estimate of drug-likeness (QED) is 0.575. The van der Waals surface area contributed by atoms with Gasteiger partial charge >= 0.3 is 0 Å². The maximum atomic E-state index is 5.54. The number of anilines is 3. The van der Waals surface area contributed by atoms with Gasteiger partial charge in [0.2, 0.25) is 5.95 Å². The summed E-state index contributed by atoms with van der Waals surface area (Å²) in [5.41, 5.74) is 12.1. The van der Waals surface area contributed by atoms with Crippen molar-refractivity contribution in [3.63, 3.8) is 0 Å². The van der Waals surface area contributed by atoms with Gasteiger partial charge in [0.25, 0.3) is 0 Å². The van der Waals surface area contributed by atoms with E-state index in [9.17, 15) is 0 Å². The Bertz CT molecular complexity index is 431. The molecule has 7 nitrogen and oxygen atoms in total. The third-order valence-electron chi connectivity index (χ3n) is 2.02. The number of hydrogen-bond acceptors (Lipinski definition) is 6. The average molecular weight is 219 g/mol. The molecular formula is C9H13N7. The highest BCUT2D eigenvalue weighted by atomic mass is 15.1. The second kappa shape index (κ2) is 4.47. The minimum Gasteiger partial charge on any atom is -0.383 e. The zero-order chi connectivity index (χ0) is 11.4. The number of H-pyrrole nitrogens is 1. The summed E-state index contributed by atoms with van der Waals surface area (Å²) in [6.07, 6.45) is 4.25. The van der Waals surface area contributed by atoms with E-state index in [1.165, 1.54) is 0 Å². The van der Waals surface area contributed by atoms with Gasteiger partial charge < -0.3 is 21.8 Å². The molecule has 0 atom stereocenters. The van der Waals surface area contributed by atoms with Crippen molar-refractivity contribution in [2.45, 2.75) is 6.42 Å². The fraction of sp³-hybridized carbons (Fsp3) is 0.222. The van der Waals surface area contributed by atoms with Crippen molar-refractivity contribution in [3.8, 4) is 0 Å². The molecule has 0 aromatic carbocycles. The van der Waals surface area contributed by atoms with Gasteiger partial charge in [-0.3, -0.25) is 0 Å². The van der Waals surface area contributed by atoms with E-state index < -0.39 is 0 Å². The van der Waals surface area contributed by atoms with Crippen LogP contribution in [-0.4, -0.2) is 26.5 Å². The van der Waals surface area contributed by atoms with Crippen LogP contribution in [0.4, 0.5) is 17.6 Å². The van der Waals surface area contributed by atoms with Crippen LogP contribution in [0.5, 0.6) is 0 Å². The summed E-state index contributed by atoms with van der Waals surface area (Å²) in [6, 6.07) is 1.64. The molecule has 6 N–H and O–H groups in total. The number of imidazole rings is 1. The first-order valence-corrected chi connectivity index (χ1v) is 4.85. The van der Waals surface area contributed by atoms with Crippen LogP contribution in [-0.2, 0) is 6.42 Å². The predicted molar refractivity (Wildman–Crippen MR) is 61.6 cm³/mol.